The summed E-state index contributed by atoms with van der Waals surface area (Å²) in [6.07, 6.45) is 0. The highest BCUT2D eigenvalue weighted by Crippen LogP contribution is 2.30. The number of amides is 2. The molecule has 2 N–H and O–H groups in total. The van der Waals surface area contributed by atoms with Crippen LogP contribution in [0.2, 0.25) is 0 Å². The molecule has 208 valence electrons. The zero-order valence-corrected chi connectivity index (χ0v) is 23.9. The van der Waals surface area contributed by atoms with Crippen molar-refractivity contribution >= 4 is 37.6 Å². The molecular weight excluding hydrogens is 552 g/mol. The lowest BCUT2D eigenvalue weighted by Gasteiger charge is -2.15. The number of anilines is 2. The highest BCUT2D eigenvalue weighted by Gasteiger charge is 2.23. The Labute approximate surface area is 234 Å². The number of para-hydroxylation sites is 2. The SMILES string of the molecule is Cc1cccc(S(=O)(=O)Oc2cccc(NC(=O)Nc3ccccc3OS(=O)(=O)c3cccc(C)c3C)c2)c1C. The molecule has 0 radical (unpaired) electrons. The third-order valence-electron chi connectivity index (χ3n) is 6.28. The van der Waals surface area contributed by atoms with E-state index < -0.39 is 26.3 Å². The van der Waals surface area contributed by atoms with Gasteiger partial charge in [-0.15, -0.1) is 0 Å². The molecule has 0 saturated heterocycles. The van der Waals surface area contributed by atoms with Gasteiger partial charge in [-0.1, -0.05) is 42.5 Å². The van der Waals surface area contributed by atoms with Crippen molar-refractivity contribution in [2.45, 2.75) is 37.5 Å². The van der Waals surface area contributed by atoms with Crippen LogP contribution in [-0.2, 0) is 20.2 Å². The van der Waals surface area contributed by atoms with Gasteiger partial charge in [0.25, 0.3) is 0 Å². The standard InChI is InChI=1S/C29H28N2O7S2/c1-19-10-7-16-27(21(19)3)39(33,34)37-24-13-9-12-23(18-24)30-29(32)31-25-14-5-6-15-26(25)38-40(35,36)28-17-8-11-20(2)22(28)4/h5-18H,1-4H3,(H2,30,31,32). The number of hydrogen-bond acceptors (Lipinski definition) is 7. The minimum absolute atomic E-state index is 0.00190. The predicted molar refractivity (Wildman–Crippen MR) is 153 cm³/mol. The lowest BCUT2D eigenvalue weighted by atomic mass is 10.1. The summed E-state index contributed by atoms with van der Waals surface area (Å²) in [4.78, 5) is 12.9. The maximum atomic E-state index is 13.0. The van der Waals surface area contributed by atoms with Crippen molar-refractivity contribution in [2.75, 3.05) is 10.6 Å². The van der Waals surface area contributed by atoms with Crippen molar-refractivity contribution in [2.24, 2.45) is 0 Å². The van der Waals surface area contributed by atoms with Gasteiger partial charge in [0, 0.05) is 11.8 Å². The zero-order chi connectivity index (χ0) is 29.1. The average Bonchev–Trinajstić information content (AvgIpc) is 2.88. The molecule has 0 spiro atoms. The van der Waals surface area contributed by atoms with E-state index in [9.17, 15) is 21.6 Å². The fourth-order valence-electron chi connectivity index (χ4n) is 3.88. The molecule has 0 aromatic heterocycles. The van der Waals surface area contributed by atoms with Gasteiger partial charge in [-0.2, -0.15) is 16.8 Å². The van der Waals surface area contributed by atoms with Gasteiger partial charge in [-0.3, -0.25) is 0 Å². The van der Waals surface area contributed by atoms with Crippen LogP contribution in [0.3, 0.4) is 0 Å². The summed E-state index contributed by atoms with van der Waals surface area (Å²) < 4.78 is 62.4. The van der Waals surface area contributed by atoms with E-state index in [0.717, 1.165) is 11.1 Å². The van der Waals surface area contributed by atoms with Gasteiger partial charge in [0.15, 0.2) is 5.75 Å². The van der Waals surface area contributed by atoms with E-state index in [1.165, 1.54) is 42.5 Å². The summed E-state index contributed by atoms with van der Waals surface area (Å²) in [5.74, 6) is -0.0719. The molecule has 0 aliphatic carbocycles. The van der Waals surface area contributed by atoms with Crippen LogP contribution >= 0.6 is 0 Å². The summed E-state index contributed by atoms with van der Waals surface area (Å²) in [5, 5.41) is 5.15. The Hall–Kier alpha value is -4.35. The second kappa shape index (κ2) is 11.4. The molecule has 2 amide bonds. The summed E-state index contributed by atoms with van der Waals surface area (Å²) in [6, 6.07) is 21.1. The van der Waals surface area contributed by atoms with Crippen LogP contribution in [0.5, 0.6) is 11.5 Å². The highest BCUT2D eigenvalue weighted by molar-refractivity contribution is 7.87. The first-order valence-electron chi connectivity index (χ1n) is 12.2. The summed E-state index contributed by atoms with van der Waals surface area (Å²) in [5.41, 5.74) is 3.10. The minimum Gasteiger partial charge on any atom is -0.379 e. The number of benzene rings is 4. The van der Waals surface area contributed by atoms with E-state index in [0.29, 0.717) is 11.1 Å². The normalized spacial score (nSPS) is 11.5. The number of aryl methyl sites for hydroxylation is 2. The molecule has 4 aromatic carbocycles. The van der Waals surface area contributed by atoms with Crippen molar-refractivity contribution in [1.29, 1.82) is 0 Å². The minimum atomic E-state index is -4.18. The van der Waals surface area contributed by atoms with Crippen LogP contribution < -0.4 is 19.0 Å². The molecule has 11 heteroatoms. The van der Waals surface area contributed by atoms with E-state index in [1.807, 2.05) is 0 Å². The molecule has 0 aliphatic heterocycles. The molecule has 0 aliphatic rings. The smallest absolute Gasteiger partial charge is 0.339 e. The molecular formula is C29H28N2O7S2. The summed E-state index contributed by atoms with van der Waals surface area (Å²) in [7, 11) is -8.29. The van der Waals surface area contributed by atoms with Crippen molar-refractivity contribution in [3.8, 4) is 11.5 Å². The first kappa shape index (κ1) is 28.7. The lowest BCUT2D eigenvalue weighted by Crippen LogP contribution is -2.21. The van der Waals surface area contributed by atoms with Gasteiger partial charge < -0.3 is 19.0 Å². The van der Waals surface area contributed by atoms with Gasteiger partial charge in [0.05, 0.1) is 5.69 Å². The predicted octanol–water partition coefficient (Wildman–Crippen LogP) is 6.10. The van der Waals surface area contributed by atoms with Gasteiger partial charge in [0.2, 0.25) is 0 Å². The Morgan fingerprint density at radius 1 is 0.625 bits per heavy atom. The van der Waals surface area contributed by atoms with E-state index in [2.05, 4.69) is 10.6 Å². The second-order valence-corrected chi connectivity index (χ2v) is 12.1. The van der Waals surface area contributed by atoms with Crippen LogP contribution in [0.1, 0.15) is 22.3 Å². The third kappa shape index (κ3) is 6.44. The van der Waals surface area contributed by atoms with Crippen molar-refractivity contribution in [1.82, 2.24) is 0 Å². The van der Waals surface area contributed by atoms with E-state index in [-0.39, 0.29) is 32.7 Å². The molecule has 0 fully saturated rings. The average molecular weight is 581 g/mol. The maximum absolute atomic E-state index is 13.0. The Morgan fingerprint density at radius 3 is 1.80 bits per heavy atom. The number of hydrogen-bond donors (Lipinski definition) is 2. The first-order valence-corrected chi connectivity index (χ1v) is 15.0. The number of carbonyl (C=O) groups is 1. The van der Waals surface area contributed by atoms with Crippen LogP contribution in [0.25, 0.3) is 0 Å². The van der Waals surface area contributed by atoms with Crippen LogP contribution in [0, 0.1) is 27.7 Å². The largest absolute Gasteiger partial charge is 0.379 e. The van der Waals surface area contributed by atoms with Crippen molar-refractivity contribution in [3.05, 3.63) is 107 Å². The Bertz CT molecular complexity index is 1800. The quantitative estimate of drug-likeness (QED) is 0.241. The molecule has 0 atom stereocenters. The fraction of sp³-hybridized carbons (Fsp3) is 0.138. The number of nitrogens with one attached hydrogen (secondary N) is 2. The monoisotopic (exact) mass is 580 g/mol. The number of urea groups is 1. The van der Waals surface area contributed by atoms with Crippen molar-refractivity contribution in [3.63, 3.8) is 0 Å². The topological polar surface area (TPSA) is 128 Å². The first-order chi connectivity index (χ1) is 18.9. The van der Waals surface area contributed by atoms with Gasteiger partial charge >= 0.3 is 26.3 Å². The highest BCUT2D eigenvalue weighted by atomic mass is 32.2. The molecule has 9 nitrogen and oxygen atoms in total. The molecule has 0 heterocycles. The van der Waals surface area contributed by atoms with Crippen LogP contribution in [0.15, 0.2) is 94.7 Å². The van der Waals surface area contributed by atoms with Crippen LogP contribution in [0.4, 0.5) is 16.2 Å². The van der Waals surface area contributed by atoms with E-state index in [1.54, 1.807) is 70.2 Å². The maximum Gasteiger partial charge on any atom is 0.339 e. The van der Waals surface area contributed by atoms with Crippen molar-refractivity contribution < 1.29 is 30.0 Å². The van der Waals surface area contributed by atoms with E-state index >= 15 is 0 Å². The third-order valence-corrected chi connectivity index (χ3v) is 9.05. The lowest BCUT2D eigenvalue weighted by molar-refractivity contribution is 0.262. The van der Waals surface area contributed by atoms with Crippen LogP contribution in [-0.4, -0.2) is 22.9 Å². The summed E-state index contributed by atoms with van der Waals surface area (Å²) in [6.45, 7) is 6.99. The molecule has 0 bridgehead atoms. The van der Waals surface area contributed by atoms with Gasteiger partial charge in [0.1, 0.15) is 15.5 Å². The molecule has 40 heavy (non-hydrogen) atoms. The Morgan fingerprint density at radius 2 is 1.18 bits per heavy atom. The zero-order valence-electron chi connectivity index (χ0n) is 22.3. The van der Waals surface area contributed by atoms with Gasteiger partial charge in [-0.05, 0) is 86.3 Å². The van der Waals surface area contributed by atoms with Gasteiger partial charge in [-0.25, -0.2) is 4.79 Å². The second-order valence-electron chi connectivity index (χ2n) is 9.07. The molecule has 4 rings (SSSR count). The number of rotatable bonds is 8. The summed E-state index contributed by atoms with van der Waals surface area (Å²) >= 11 is 0. The molecule has 4 aromatic rings. The fourth-order valence-corrected chi connectivity index (χ4v) is 6.36. The Balaban J connectivity index is 1.49. The van der Waals surface area contributed by atoms with E-state index in [4.69, 9.17) is 8.37 Å². The number of carbonyl (C=O) groups excluding carboxylic acids is 1. The molecule has 0 saturated carbocycles. The Kier molecular flexibility index (Phi) is 8.17. The molecule has 0 unspecified atom stereocenters.